The second-order valence-electron chi connectivity index (χ2n) is 3.91. The zero-order chi connectivity index (χ0) is 11.5. The normalized spacial score (nSPS) is 18.0. The van der Waals surface area contributed by atoms with Crippen molar-refractivity contribution in [2.75, 3.05) is 13.2 Å². The first kappa shape index (κ1) is 11.1. The maximum Gasteiger partial charge on any atom is 0.155 e. The summed E-state index contributed by atoms with van der Waals surface area (Å²) in [4.78, 5) is 10.7. The summed E-state index contributed by atoms with van der Waals surface area (Å²) in [5.41, 5.74) is 0.858. The second-order valence-corrected chi connectivity index (χ2v) is 3.91. The lowest BCUT2D eigenvalue weighted by Gasteiger charge is -2.09. The molecule has 0 bridgehead atoms. The van der Waals surface area contributed by atoms with Gasteiger partial charge in [0.15, 0.2) is 5.78 Å². The standard InChI is InChI=1S/C12H13FO3/c1-8(14)6-15-7-11-5-9-4-10(13)2-3-12(9)16-11/h2-4,11H,5-7H2,1H3. The Morgan fingerprint density at radius 2 is 2.44 bits per heavy atom. The van der Waals surface area contributed by atoms with Crippen molar-refractivity contribution in [2.24, 2.45) is 0 Å². The molecule has 0 aromatic heterocycles. The van der Waals surface area contributed by atoms with E-state index < -0.39 is 0 Å². The molecule has 2 rings (SSSR count). The number of hydrogen-bond acceptors (Lipinski definition) is 3. The number of carbonyl (C=O) groups excluding carboxylic acids is 1. The number of carbonyl (C=O) groups is 1. The lowest BCUT2D eigenvalue weighted by atomic mass is 10.1. The highest BCUT2D eigenvalue weighted by Crippen LogP contribution is 2.29. The number of ether oxygens (including phenoxy) is 2. The van der Waals surface area contributed by atoms with E-state index in [9.17, 15) is 9.18 Å². The number of benzene rings is 1. The Morgan fingerprint density at radius 1 is 1.62 bits per heavy atom. The van der Waals surface area contributed by atoms with Crippen LogP contribution in [-0.4, -0.2) is 25.1 Å². The minimum atomic E-state index is -0.257. The van der Waals surface area contributed by atoms with Gasteiger partial charge in [0.05, 0.1) is 6.61 Å². The molecule has 0 spiro atoms. The molecule has 4 heteroatoms. The third-order valence-electron chi connectivity index (χ3n) is 2.37. The Morgan fingerprint density at radius 3 is 3.19 bits per heavy atom. The molecule has 1 heterocycles. The third-order valence-corrected chi connectivity index (χ3v) is 2.37. The molecule has 3 nitrogen and oxygen atoms in total. The minimum absolute atomic E-state index is 0.0124. The van der Waals surface area contributed by atoms with Gasteiger partial charge in [0, 0.05) is 12.0 Å². The van der Waals surface area contributed by atoms with Crippen LogP contribution >= 0.6 is 0 Å². The Hall–Kier alpha value is -1.42. The summed E-state index contributed by atoms with van der Waals surface area (Å²) in [6, 6.07) is 4.47. The van der Waals surface area contributed by atoms with Gasteiger partial charge in [-0.3, -0.25) is 4.79 Å². The van der Waals surface area contributed by atoms with E-state index in [1.807, 2.05) is 0 Å². The summed E-state index contributed by atoms with van der Waals surface area (Å²) in [5.74, 6) is 0.437. The molecule has 1 aliphatic heterocycles. The molecule has 86 valence electrons. The summed E-state index contributed by atoms with van der Waals surface area (Å²) in [6.45, 7) is 1.93. The molecule has 0 saturated heterocycles. The van der Waals surface area contributed by atoms with E-state index in [1.54, 1.807) is 6.07 Å². The molecular formula is C12H13FO3. The fraction of sp³-hybridized carbons (Fsp3) is 0.417. The summed E-state index contributed by atoms with van der Waals surface area (Å²) in [7, 11) is 0. The van der Waals surface area contributed by atoms with Gasteiger partial charge in [-0.25, -0.2) is 4.39 Å². The van der Waals surface area contributed by atoms with E-state index >= 15 is 0 Å². The van der Waals surface area contributed by atoms with Crippen molar-refractivity contribution in [1.29, 1.82) is 0 Å². The Bertz CT molecular complexity index is 403. The highest BCUT2D eigenvalue weighted by molar-refractivity contribution is 5.76. The van der Waals surface area contributed by atoms with Crippen molar-refractivity contribution in [3.05, 3.63) is 29.6 Å². The monoisotopic (exact) mass is 224 g/mol. The quantitative estimate of drug-likeness (QED) is 0.781. The van der Waals surface area contributed by atoms with Crippen LogP contribution in [0.15, 0.2) is 18.2 Å². The lowest BCUT2D eigenvalue weighted by Crippen LogP contribution is -2.22. The fourth-order valence-corrected chi connectivity index (χ4v) is 1.72. The van der Waals surface area contributed by atoms with E-state index in [2.05, 4.69) is 0 Å². The SMILES string of the molecule is CC(=O)COCC1Cc2cc(F)ccc2O1. The average Bonchev–Trinajstić information content (AvgIpc) is 2.58. The molecule has 1 aliphatic rings. The molecule has 1 unspecified atom stereocenters. The number of ketones is 1. The molecule has 1 aromatic carbocycles. The molecule has 0 aliphatic carbocycles. The van der Waals surface area contributed by atoms with Crippen molar-refractivity contribution in [1.82, 2.24) is 0 Å². The van der Waals surface area contributed by atoms with Gasteiger partial charge in [-0.1, -0.05) is 0 Å². The van der Waals surface area contributed by atoms with Gasteiger partial charge in [-0.15, -0.1) is 0 Å². The minimum Gasteiger partial charge on any atom is -0.487 e. The van der Waals surface area contributed by atoms with E-state index in [4.69, 9.17) is 9.47 Å². The van der Waals surface area contributed by atoms with E-state index in [1.165, 1.54) is 19.1 Å². The number of halogens is 1. The van der Waals surface area contributed by atoms with Crippen LogP contribution in [0.2, 0.25) is 0 Å². The first-order chi connectivity index (χ1) is 7.65. The van der Waals surface area contributed by atoms with Gasteiger partial charge in [0.25, 0.3) is 0 Å². The van der Waals surface area contributed by atoms with Crippen LogP contribution in [0.1, 0.15) is 12.5 Å². The molecule has 0 fully saturated rings. The molecular weight excluding hydrogens is 211 g/mol. The van der Waals surface area contributed by atoms with Crippen molar-refractivity contribution in [3.63, 3.8) is 0 Å². The van der Waals surface area contributed by atoms with Crippen molar-refractivity contribution < 1.29 is 18.7 Å². The van der Waals surface area contributed by atoms with Crippen molar-refractivity contribution in [2.45, 2.75) is 19.4 Å². The Labute approximate surface area is 93.2 Å². The van der Waals surface area contributed by atoms with Gasteiger partial charge < -0.3 is 9.47 Å². The van der Waals surface area contributed by atoms with Crippen LogP contribution in [0, 0.1) is 5.82 Å². The van der Waals surface area contributed by atoms with E-state index in [0.717, 1.165) is 5.56 Å². The molecule has 16 heavy (non-hydrogen) atoms. The number of rotatable bonds is 4. The van der Waals surface area contributed by atoms with Crippen LogP contribution in [-0.2, 0) is 16.0 Å². The van der Waals surface area contributed by atoms with Gasteiger partial charge >= 0.3 is 0 Å². The van der Waals surface area contributed by atoms with E-state index in [-0.39, 0.29) is 24.3 Å². The highest BCUT2D eigenvalue weighted by Gasteiger charge is 2.23. The van der Waals surface area contributed by atoms with Gasteiger partial charge in [0.2, 0.25) is 0 Å². The topological polar surface area (TPSA) is 35.5 Å². The van der Waals surface area contributed by atoms with Crippen LogP contribution in [0.5, 0.6) is 5.75 Å². The number of Topliss-reactive ketones (excluding diaryl/α,β-unsaturated/α-hetero) is 1. The maximum absolute atomic E-state index is 12.9. The third kappa shape index (κ3) is 2.58. The smallest absolute Gasteiger partial charge is 0.155 e. The van der Waals surface area contributed by atoms with Crippen molar-refractivity contribution in [3.8, 4) is 5.75 Å². The van der Waals surface area contributed by atoms with Crippen LogP contribution in [0.4, 0.5) is 4.39 Å². The van der Waals surface area contributed by atoms with Crippen LogP contribution in [0.3, 0.4) is 0 Å². The van der Waals surface area contributed by atoms with Crippen LogP contribution in [0.25, 0.3) is 0 Å². The molecule has 1 atom stereocenters. The summed E-state index contributed by atoms with van der Waals surface area (Å²) < 4.78 is 23.6. The predicted octanol–water partition coefficient (Wildman–Crippen LogP) is 1.73. The van der Waals surface area contributed by atoms with Crippen molar-refractivity contribution >= 4 is 5.78 Å². The Kier molecular flexibility index (Phi) is 3.19. The second kappa shape index (κ2) is 4.61. The van der Waals surface area contributed by atoms with Gasteiger partial charge in [-0.2, -0.15) is 0 Å². The molecule has 1 aromatic rings. The zero-order valence-electron chi connectivity index (χ0n) is 9.03. The number of fused-ring (bicyclic) bond motifs is 1. The molecule has 0 amide bonds. The van der Waals surface area contributed by atoms with Gasteiger partial charge in [-0.05, 0) is 25.1 Å². The fourth-order valence-electron chi connectivity index (χ4n) is 1.72. The van der Waals surface area contributed by atoms with Gasteiger partial charge in [0.1, 0.15) is 24.3 Å². The highest BCUT2D eigenvalue weighted by atomic mass is 19.1. The summed E-state index contributed by atoms with van der Waals surface area (Å²) >= 11 is 0. The first-order valence-corrected chi connectivity index (χ1v) is 5.17. The molecule has 0 N–H and O–H groups in total. The zero-order valence-corrected chi connectivity index (χ0v) is 9.03. The van der Waals surface area contributed by atoms with Crippen LogP contribution < -0.4 is 4.74 Å². The van der Waals surface area contributed by atoms with E-state index in [0.29, 0.717) is 18.8 Å². The average molecular weight is 224 g/mol. The largest absolute Gasteiger partial charge is 0.487 e. The first-order valence-electron chi connectivity index (χ1n) is 5.17. The Balaban J connectivity index is 1.88. The summed E-state index contributed by atoms with van der Waals surface area (Å²) in [5, 5.41) is 0. The summed E-state index contributed by atoms with van der Waals surface area (Å²) in [6.07, 6.45) is 0.515. The predicted molar refractivity (Wildman–Crippen MR) is 56.0 cm³/mol. The molecule has 0 saturated carbocycles. The maximum atomic E-state index is 12.9. The molecule has 0 radical (unpaired) electrons. The lowest BCUT2D eigenvalue weighted by molar-refractivity contribution is -0.122. The number of hydrogen-bond donors (Lipinski definition) is 0.